The van der Waals surface area contributed by atoms with Crippen LogP contribution in [0.3, 0.4) is 0 Å². The third-order valence-corrected chi connectivity index (χ3v) is 4.47. The zero-order valence-corrected chi connectivity index (χ0v) is 15.8. The molecule has 0 spiro atoms. The minimum atomic E-state index is -0.427. The largest absolute Gasteiger partial charge is 0.497 e. The number of rotatable bonds is 5. The van der Waals surface area contributed by atoms with Crippen molar-refractivity contribution in [3.05, 3.63) is 71.9 Å². The molecule has 2 aromatic carbocycles. The molecule has 0 bridgehead atoms. The summed E-state index contributed by atoms with van der Waals surface area (Å²) < 4.78 is 25.4. The van der Waals surface area contributed by atoms with Crippen LogP contribution in [-0.4, -0.2) is 39.9 Å². The number of carbonyl (C=O) groups is 1. The fraction of sp³-hybridized carbons (Fsp3) is 0.143. The van der Waals surface area contributed by atoms with E-state index in [9.17, 15) is 9.18 Å². The fourth-order valence-electron chi connectivity index (χ4n) is 3.11. The maximum atomic E-state index is 13.7. The molecule has 2 heterocycles. The lowest BCUT2D eigenvalue weighted by molar-refractivity contribution is 0.0602. The van der Waals surface area contributed by atoms with E-state index >= 15 is 0 Å². The fourth-order valence-corrected chi connectivity index (χ4v) is 3.11. The highest BCUT2D eigenvalue weighted by Gasteiger charge is 2.15. The van der Waals surface area contributed by atoms with Gasteiger partial charge in [0.2, 0.25) is 0 Å². The van der Waals surface area contributed by atoms with Crippen LogP contribution in [0.4, 0.5) is 4.39 Å². The van der Waals surface area contributed by atoms with E-state index in [4.69, 9.17) is 9.47 Å². The number of nitrogens with zero attached hydrogens (tertiary/aromatic N) is 4. The van der Waals surface area contributed by atoms with E-state index in [1.807, 2.05) is 6.07 Å². The summed E-state index contributed by atoms with van der Waals surface area (Å²) in [6.07, 6.45) is 4.98. The number of carbonyl (C=O) groups excluding carboxylic acids is 1. The summed E-state index contributed by atoms with van der Waals surface area (Å²) in [4.78, 5) is 20.7. The van der Waals surface area contributed by atoms with Gasteiger partial charge in [-0.25, -0.2) is 19.2 Å². The molecule has 0 N–H and O–H groups in total. The van der Waals surface area contributed by atoms with Gasteiger partial charge in [0.05, 0.1) is 38.0 Å². The average Bonchev–Trinajstić information content (AvgIpc) is 3.16. The molecule has 0 saturated carbocycles. The molecular formula is C21H17FN4O3. The van der Waals surface area contributed by atoms with Crippen molar-refractivity contribution in [2.24, 2.45) is 0 Å². The van der Waals surface area contributed by atoms with E-state index in [0.717, 1.165) is 10.9 Å². The quantitative estimate of drug-likeness (QED) is 0.484. The van der Waals surface area contributed by atoms with Gasteiger partial charge in [0.1, 0.15) is 11.6 Å². The van der Waals surface area contributed by atoms with Crippen LogP contribution in [0.15, 0.2) is 55.0 Å². The minimum absolute atomic E-state index is 0.365. The number of aromatic nitrogens is 4. The van der Waals surface area contributed by atoms with E-state index in [1.54, 1.807) is 41.5 Å². The number of para-hydroxylation sites is 1. The molecule has 0 atom stereocenters. The number of esters is 1. The number of hydrogen-bond donors (Lipinski definition) is 0. The van der Waals surface area contributed by atoms with Crippen LogP contribution >= 0.6 is 0 Å². The third kappa shape index (κ3) is 3.64. The number of benzene rings is 2. The molecule has 0 aliphatic rings. The summed E-state index contributed by atoms with van der Waals surface area (Å²) in [5, 5.41) is 5.20. The number of fused-ring (bicyclic) bond motifs is 1. The number of hydrogen-bond acceptors (Lipinski definition) is 6. The Morgan fingerprint density at radius 2 is 1.90 bits per heavy atom. The first-order valence-corrected chi connectivity index (χ1v) is 8.78. The van der Waals surface area contributed by atoms with Gasteiger partial charge in [0, 0.05) is 35.0 Å². The normalized spacial score (nSPS) is 10.9. The number of methoxy groups -OCH3 is 2. The summed E-state index contributed by atoms with van der Waals surface area (Å²) in [5.74, 6) is -0.0764. The summed E-state index contributed by atoms with van der Waals surface area (Å²) in [7, 11) is 2.81. The molecule has 0 unspecified atom stereocenters. The summed E-state index contributed by atoms with van der Waals surface area (Å²) in [5.41, 5.74) is 2.41. The molecule has 0 aliphatic heterocycles. The summed E-state index contributed by atoms with van der Waals surface area (Å²) in [6, 6.07) is 9.67. The van der Waals surface area contributed by atoms with Crippen molar-refractivity contribution in [2.75, 3.05) is 14.2 Å². The predicted molar refractivity (Wildman–Crippen MR) is 104 cm³/mol. The Labute approximate surface area is 165 Å². The molecule has 0 amide bonds. The Hall–Kier alpha value is -3.81. The second-order valence-corrected chi connectivity index (χ2v) is 6.33. The van der Waals surface area contributed by atoms with Crippen LogP contribution in [0.1, 0.15) is 15.9 Å². The Bertz CT molecular complexity index is 1190. The summed E-state index contributed by atoms with van der Waals surface area (Å²) >= 11 is 0. The molecule has 0 fully saturated rings. The van der Waals surface area contributed by atoms with E-state index in [1.165, 1.54) is 26.4 Å². The van der Waals surface area contributed by atoms with E-state index in [-0.39, 0.29) is 0 Å². The molecule has 0 aliphatic carbocycles. The van der Waals surface area contributed by atoms with E-state index in [2.05, 4.69) is 15.1 Å². The van der Waals surface area contributed by atoms with Gasteiger partial charge < -0.3 is 9.47 Å². The first-order valence-electron chi connectivity index (χ1n) is 8.78. The van der Waals surface area contributed by atoms with Crippen LogP contribution in [-0.2, 0) is 11.3 Å². The second kappa shape index (κ2) is 7.67. The van der Waals surface area contributed by atoms with Gasteiger partial charge in [-0.15, -0.1) is 0 Å². The van der Waals surface area contributed by atoms with Crippen molar-refractivity contribution in [1.29, 1.82) is 0 Å². The first-order chi connectivity index (χ1) is 14.1. The van der Waals surface area contributed by atoms with Crippen molar-refractivity contribution < 1.29 is 18.7 Å². The molecule has 29 heavy (non-hydrogen) atoms. The van der Waals surface area contributed by atoms with Crippen LogP contribution < -0.4 is 4.74 Å². The second-order valence-electron chi connectivity index (χ2n) is 6.33. The van der Waals surface area contributed by atoms with Gasteiger partial charge in [-0.2, -0.15) is 5.10 Å². The highest BCUT2D eigenvalue weighted by atomic mass is 19.1. The predicted octanol–water partition coefficient (Wildman–Crippen LogP) is 3.48. The first kappa shape index (κ1) is 18.5. The molecule has 146 valence electrons. The molecule has 4 rings (SSSR count). The lowest BCUT2D eigenvalue weighted by Gasteiger charge is -2.08. The Kier molecular flexibility index (Phi) is 4.90. The minimum Gasteiger partial charge on any atom is -0.497 e. The van der Waals surface area contributed by atoms with E-state index < -0.39 is 11.8 Å². The van der Waals surface area contributed by atoms with Crippen molar-refractivity contribution in [2.45, 2.75) is 6.54 Å². The van der Waals surface area contributed by atoms with Crippen LogP contribution in [0, 0.1) is 5.82 Å². The SMILES string of the molecule is COC(=O)c1cccc2cnn(Cc3cnc(-c4cc(F)cc(OC)c4)nc3)c12. The van der Waals surface area contributed by atoms with Crippen LogP contribution in [0.25, 0.3) is 22.3 Å². The average molecular weight is 392 g/mol. The molecule has 4 aromatic rings. The number of halogens is 1. The van der Waals surface area contributed by atoms with Gasteiger partial charge in [0.25, 0.3) is 0 Å². The van der Waals surface area contributed by atoms with E-state index in [0.29, 0.717) is 34.8 Å². The summed E-state index contributed by atoms with van der Waals surface area (Å²) in [6.45, 7) is 0.365. The zero-order valence-electron chi connectivity index (χ0n) is 15.8. The van der Waals surface area contributed by atoms with Gasteiger partial charge in [-0.1, -0.05) is 12.1 Å². The maximum absolute atomic E-state index is 13.7. The molecule has 0 saturated heterocycles. The van der Waals surface area contributed by atoms with Crippen molar-refractivity contribution in [3.63, 3.8) is 0 Å². The monoisotopic (exact) mass is 392 g/mol. The highest BCUT2D eigenvalue weighted by molar-refractivity contribution is 6.02. The third-order valence-electron chi connectivity index (χ3n) is 4.47. The van der Waals surface area contributed by atoms with Crippen molar-refractivity contribution in [3.8, 4) is 17.1 Å². The Morgan fingerprint density at radius 1 is 1.10 bits per heavy atom. The van der Waals surface area contributed by atoms with Crippen molar-refractivity contribution >= 4 is 16.9 Å². The lowest BCUT2D eigenvalue weighted by atomic mass is 10.1. The maximum Gasteiger partial charge on any atom is 0.340 e. The molecule has 0 radical (unpaired) electrons. The van der Waals surface area contributed by atoms with Crippen LogP contribution in [0.2, 0.25) is 0 Å². The van der Waals surface area contributed by atoms with Gasteiger partial charge >= 0.3 is 5.97 Å². The van der Waals surface area contributed by atoms with Gasteiger partial charge in [-0.05, 0) is 18.2 Å². The highest BCUT2D eigenvalue weighted by Crippen LogP contribution is 2.24. The molecular weight excluding hydrogens is 375 g/mol. The number of ether oxygens (including phenoxy) is 2. The molecule has 7 nitrogen and oxygen atoms in total. The topological polar surface area (TPSA) is 79.1 Å². The molecule has 2 aromatic heterocycles. The Morgan fingerprint density at radius 3 is 2.62 bits per heavy atom. The zero-order chi connectivity index (χ0) is 20.4. The van der Waals surface area contributed by atoms with Gasteiger partial charge in [0.15, 0.2) is 5.82 Å². The molecule has 8 heteroatoms. The smallest absolute Gasteiger partial charge is 0.340 e. The standard InChI is InChI=1S/C21H17FN4O3/c1-28-17-7-15(6-16(22)8-17)20-23-9-13(10-24-20)12-26-19-14(11-25-26)4-3-5-18(19)21(27)29-2/h3-11H,12H2,1-2H3. The Balaban J connectivity index is 1.65. The van der Waals surface area contributed by atoms with Crippen LogP contribution in [0.5, 0.6) is 5.75 Å². The van der Waals surface area contributed by atoms with Crippen molar-refractivity contribution in [1.82, 2.24) is 19.7 Å². The lowest BCUT2D eigenvalue weighted by Crippen LogP contribution is -2.08. The van der Waals surface area contributed by atoms with Gasteiger partial charge in [-0.3, -0.25) is 4.68 Å².